The third-order valence-corrected chi connectivity index (χ3v) is 5.51. The Kier molecular flexibility index (Phi) is 11.4. The number of hydrogen-bond acceptors (Lipinski definition) is 5. The van der Waals surface area contributed by atoms with Gasteiger partial charge in [-0.2, -0.15) is 23.5 Å². The smallest absolute Gasteiger partial charge is 0.228 e. The summed E-state index contributed by atoms with van der Waals surface area (Å²) in [5, 5.41) is 9.29. The predicted octanol–water partition coefficient (Wildman–Crippen LogP) is 1.51. The number of carbonyl (C=O) groups is 2. The van der Waals surface area contributed by atoms with Gasteiger partial charge in [0.15, 0.2) is 0 Å². The minimum absolute atomic E-state index is 0. The lowest BCUT2D eigenvalue weighted by Gasteiger charge is -2.28. The monoisotopic (exact) mass is 383 g/mol. The van der Waals surface area contributed by atoms with Gasteiger partial charge in [-0.05, 0) is 39.3 Å². The lowest BCUT2D eigenvalue weighted by molar-refractivity contribution is -0.136. The maximum Gasteiger partial charge on any atom is 0.228 e. The Bertz CT molecular complexity index is 380. The van der Waals surface area contributed by atoms with Crippen molar-refractivity contribution in [1.82, 2.24) is 16.0 Å². The maximum atomic E-state index is 12.7. The normalized spacial score (nSPS) is 22.8. The number of thioether (sulfide) groups is 2. The molecule has 3 atom stereocenters. The summed E-state index contributed by atoms with van der Waals surface area (Å²) < 4.78 is 0. The van der Waals surface area contributed by atoms with E-state index in [0.717, 1.165) is 24.5 Å². The molecule has 0 saturated carbocycles. The lowest BCUT2D eigenvalue weighted by Crippen LogP contribution is -2.49. The van der Waals surface area contributed by atoms with Crippen LogP contribution in [0.2, 0.25) is 0 Å². The topological polar surface area (TPSA) is 70.2 Å². The average molecular weight is 384 g/mol. The highest BCUT2D eigenvalue weighted by molar-refractivity contribution is 7.98. The third kappa shape index (κ3) is 7.54. The van der Waals surface area contributed by atoms with Gasteiger partial charge in [0.2, 0.25) is 11.8 Å². The fourth-order valence-corrected chi connectivity index (χ4v) is 3.93. The van der Waals surface area contributed by atoms with Crippen molar-refractivity contribution >= 4 is 47.7 Å². The van der Waals surface area contributed by atoms with Crippen LogP contribution in [-0.4, -0.2) is 61.0 Å². The molecule has 0 spiro atoms. The van der Waals surface area contributed by atoms with E-state index in [0.29, 0.717) is 6.54 Å². The fourth-order valence-electron chi connectivity index (χ4n) is 2.76. The van der Waals surface area contributed by atoms with Crippen molar-refractivity contribution in [2.24, 2.45) is 5.41 Å². The van der Waals surface area contributed by atoms with Crippen LogP contribution in [0.1, 0.15) is 26.7 Å². The van der Waals surface area contributed by atoms with Gasteiger partial charge in [0, 0.05) is 36.6 Å². The number of halogens is 1. The lowest BCUT2D eigenvalue weighted by atomic mass is 9.82. The molecule has 3 N–H and O–H groups in total. The Morgan fingerprint density at radius 1 is 1.13 bits per heavy atom. The first-order valence-corrected chi connectivity index (χ1v) is 10.5. The van der Waals surface area contributed by atoms with Crippen LogP contribution in [0.4, 0.5) is 0 Å². The molecule has 0 aliphatic carbocycles. The molecule has 1 heterocycles. The SMILES string of the molecule is CSCC(C)NC(=O)CC1(C(=O)NC(C)CSC)CCNC1.Cl. The van der Waals surface area contributed by atoms with Crippen molar-refractivity contribution in [2.75, 3.05) is 37.1 Å². The molecule has 5 nitrogen and oxygen atoms in total. The zero-order valence-corrected chi connectivity index (χ0v) is 16.9. The van der Waals surface area contributed by atoms with Crippen LogP contribution in [0.25, 0.3) is 0 Å². The minimum atomic E-state index is -0.601. The number of nitrogens with one attached hydrogen (secondary N) is 3. The summed E-state index contributed by atoms with van der Waals surface area (Å²) in [5.74, 6) is 1.74. The second-order valence-corrected chi connectivity index (χ2v) is 7.96. The van der Waals surface area contributed by atoms with Crippen LogP contribution in [0.5, 0.6) is 0 Å². The molecule has 0 aromatic carbocycles. The van der Waals surface area contributed by atoms with E-state index < -0.39 is 5.41 Å². The molecule has 0 aromatic heterocycles. The summed E-state index contributed by atoms with van der Waals surface area (Å²) in [7, 11) is 0. The second kappa shape index (κ2) is 11.4. The highest BCUT2D eigenvalue weighted by Gasteiger charge is 2.43. The summed E-state index contributed by atoms with van der Waals surface area (Å²) in [6.07, 6.45) is 5.02. The van der Waals surface area contributed by atoms with Gasteiger partial charge in [-0.25, -0.2) is 0 Å². The summed E-state index contributed by atoms with van der Waals surface area (Å²) in [6, 6.07) is 0.255. The van der Waals surface area contributed by atoms with E-state index in [1.807, 2.05) is 26.4 Å². The summed E-state index contributed by atoms with van der Waals surface area (Å²) in [6.45, 7) is 5.37. The van der Waals surface area contributed by atoms with E-state index in [1.54, 1.807) is 23.5 Å². The van der Waals surface area contributed by atoms with Gasteiger partial charge in [0.05, 0.1) is 5.41 Å². The quantitative estimate of drug-likeness (QED) is 0.563. The van der Waals surface area contributed by atoms with Crippen molar-refractivity contribution in [1.29, 1.82) is 0 Å². The number of amides is 2. The summed E-state index contributed by atoms with van der Waals surface area (Å²) in [4.78, 5) is 24.9. The Morgan fingerprint density at radius 3 is 2.17 bits per heavy atom. The van der Waals surface area contributed by atoms with Crippen molar-refractivity contribution in [2.45, 2.75) is 38.8 Å². The van der Waals surface area contributed by atoms with Crippen LogP contribution in [-0.2, 0) is 9.59 Å². The molecule has 1 fully saturated rings. The first kappa shape index (κ1) is 22.9. The summed E-state index contributed by atoms with van der Waals surface area (Å²) >= 11 is 3.41. The van der Waals surface area contributed by atoms with E-state index in [2.05, 4.69) is 16.0 Å². The van der Waals surface area contributed by atoms with Gasteiger partial charge in [0.25, 0.3) is 0 Å². The molecular weight excluding hydrogens is 354 g/mol. The molecule has 0 bridgehead atoms. The Labute approximate surface area is 154 Å². The van der Waals surface area contributed by atoms with E-state index in [-0.39, 0.29) is 42.7 Å². The van der Waals surface area contributed by atoms with Gasteiger partial charge in [-0.15, -0.1) is 12.4 Å². The van der Waals surface area contributed by atoms with Gasteiger partial charge < -0.3 is 16.0 Å². The summed E-state index contributed by atoms with van der Waals surface area (Å²) in [5.41, 5.74) is -0.601. The molecule has 8 heteroatoms. The number of rotatable bonds is 9. The molecule has 2 amide bonds. The van der Waals surface area contributed by atoms with Crippen LogP contribution >= 0.6 is 35.9 Å². The highest BCUT2D eigenvalue weighted by Crippen LogP contribution is 2.30. The van der Waals surface area contributed by atoms with Gasteiger partial charge in [0.1, 0.15) is 0 Å². The first-order valence-electron chi connectivity index (χ1n) is 7.72. The third-order valence-electron chi connectivity index (χ3n) is 3.84. The first-order chi connectivity index (χ1) is 10.4. The van der Waals surface area contributed by atoms with E-state index in [1.165, 1.54) is 0 Å². The molecule has 23 heavy (non-hydrogen) atoms. The highest BCUT2D eigenvalue weighted by atomic mass is 35.5. The second-order valence-electron chi connectivity index (χ2n) is 6.14. The number of hydrogen-bond donors (Lipinski definition) is 3. The maximum absolute atomic E-state index is 12.7. The molecule has 1 aliphatic rings. The van der Waals surface area contributed by atoms with Crippen molar-refractivity contribution in [3.8, 4) is 0 Å². The van der Waals surface area contributed by atoms with E-state index >= 15 is 0 Å². The fraction of sp³-hybridized carbons (Fsp3) is 0.867. The Hall–Kier alpha value is -0.110. The van der Waals surface area contributed by atoms with Crippen molar-refractivity contribution in [3.05, 3.63) is 0 Å². The van der Waals surface area contributed by atoms with Gasteiger partial charge in [-0.1, -0.05) is 0 Å². The molecular formula is C15H30ClN3O2S2. The zero-order chi connectivity index (χ0) is 16.6. The van der Waals surface area contributed by atoms with Gasteiger partial charge in [-0.3, -0.25) is 9.59 Å². The van der Waals surface area contributed by atoms with E-state index in [9.17, 15) is 9.59 Å². The minimum Gasteiger partial charge on any atom is -0.353 e. The van der Waals surface area contributed by atoms with Crippen LogP contribution in [0.15, 0.2) is 0 Å². The van der Waals surface area contributed by atoms with Crippen molar-refractivity contribution < 1.29 is 9.59 Å². The van der Waals surface area contributed by atoms with E-state index in [4.69, 9.17) is 0 Å². The largest absolute Gasteiger partial charge is 0.353 e. The molecule has 1 aliphatic heterocycles. The Morgan fingerprint density at radius 2 is 1.70 bits per heavy atom. The predicted molar refractivity (Wildman–Crippen MR) is 104 cm³/mol. The van der Waals surface area contributed by atoms with Crippen molar-refractivity contribution in [3.63, 3.8) is 0 Å². The average Bonchev–Trinajstić information content (AvgIpc) is 2.88. The molecule has 3 unspecified atom stereocenters. The zero-order valence-electron chi connectivity index (χ0n) is 14.4. The molecule has 0 radical (unpaired) electrons. The van der Waals surface area contributed by atoms with Crippen LogP contribution in [0.3, 0.4) is 0 Å². The molecule has 136 valence electrons. The standard InChI is InChI=1S/C15H29N3O2S2.ClH/c1-11(8-21-3)17-13(19)7-15(5-6-16-10-15)14(20)18-12(2)9-22-4;/h11-12,16H,5-10H2,1-4H3,(H,17,19)(H,18,20);1H. The van der Waals surface area contributed by atoms with Gasteiger partial charge >= 0.3 is 0 Å². The Balaban J connectivity index is 0.00000484. The molecule has 1 saturated heterocycles. The van der Waals surface area contributed by atoms with Crippen LogP contribution < -0.4 is 16.0 Å². The molecule has 1 rings (SSSR count). The van der Waals surface area contributed by atoms with Crippen LogP contribution in [0, 0.1) is 5.41 Å². The molecule has 0 aromatic rings. The number of carbonyl (C=O) groups excluding carboxylic acids is 2.